The zero-order chi connectivity index (χ0) is 17.6. The zero-order valence-electron chi connectivity index (χ0n) is 14.4. The summed E-state index contributed by atoms with van der Waals surface area (Å²) in [6.45, 7) is 4.68. The van der Waals surface area contributed by atoms with Crippen LogP contribution in [0.1, 0.15) is 13.8 Å². The van der Waals surface area contributed by atoms with Gasteiger partial charge in [-0.3, -0.25) is 9.78 Å². The van der Waals surface area contributed by atoms with E-state index < -0.39 is 0 Å². The number of rotatable bonds is 4. The molecule has 7 nitrogen and oxygen atoms in total. The molecule has 1 aromatic carbocycles. The number of methoxy groups -OCH3 is 1. The van der Waals surface area contributed by atoms with Gasteiger partial charge in [-0.2, -0.15) is 10.2 Å². The summed E-state index contributed by atoms with van der Waals surface area (Å²) >= 11 is 0. The Morgan fingerprint density at radius 3 is 2.80 bits per heavy atom. The summed E-state index contributed by atoms with van der Waals surface area (Å²) < 4.78 is 7.36. The summed E-state index contributed by atoms with van der Waals surface area (Å²) in [7, 11) is 1.70. The highest BCUT2D eigenvalue weighted by Gasteiger charge is 2.19. The number of aromatic amines is 1. The van der Waals surface area contributed by atoms with Gasteiger partial charge in [0.1, 0.15) is 11.3 Å². The molecule has 0 bridgehead atoms. The van der Waals surface area contributed by atoms with Crippen LogP contribution in [0.4, 0.5) is 5.82 Å². The fraction of sp³-hybridized carbons (Fsp3) is 0.278. The van der Waals surface area contributed by atoms with Gasteiger partial charge in [-0.15, -0.1) is 0 Å². The van der Waals surface area contributed by atoms with E-state index in [1.54, 1.807) is 13.3 Å². The van der Waals surface area contributed by atoms with E-state index in [9.17, 15) is 0 Å². The molecule has 3 heterocycles. The number of pyridine rings is 1. The van der Waals surface area contributed by atoms with Crippen molar-refractivity contribution in [2.24, 2.45) is 0 Å². The maximum atomic E-state index is 6.18. The normalized spacial score (nSPS) is 12.3. The quantitative estimate of drug-likeness (QED) is 0.597. The minimum absolute atomic E-state index is 0.312. The second kappa shape index (κ2) is 5.56. The van der Waals surface area contributed by atoms with E-state index in [1.807, 2.05) is 49.0 Å². The summed E-state index contributed by atoms with van der Waals surface area (Å²) in [5, 5.41) is 13.6. The number of nitrogens with two attached hydrogens (primary N) is 1. The number of aromatic nitrogens is 5. The number of ether oxygens (including phenoxy) is 1. The topological polar surface area (TPSA) is 94.6 Å². The molecule has 0 atom stereocenters. The van der Waals surface area contributed by atoms with Crippen LogP contribution in [0.15, 0.2) is 36.7 Å². The standard InChI is InChI=1S/C18H20N6O/c1-18(2,25-3)10-24-9-13-16(23-24)12-5-4-11(14-6-7-20-22-14)8-15(12)21-17(13)19/h4-9H,10H2,1-3H3,(H2,19,21)(H,20,22). The molecule has 3 aromatic heterocycles. The Labute approximate surface area is 144 Å². The molecule has 0 saturated heterocycles. The van der Waals surface area contributed by atoms with Crippen molar-refractivity contribution >= 4 is 27.6 Å². The molecule has 25 heavy (non-hydrogen) atoms. The molecule has 0 aliphatic carbocycles. The van der Waals surface area contributed by atoms with E-state index in [1.165, 1.54) is 0 Å². The third-order valence-electron chi connectivity index (χ3n) is 4.42. The second-order valence-corrected chi connectivity index (χ2v) is 6.74. The van der Waals surface area contributed by atoms with Gasteiger partial charge in [0, 0.05) is 30.5 Å². The predicted molar refractivity (Wildman–Crippen MR) is 98.1 cm³/mol. The summed E-state index contributed by atoms with van der Waals surface area (Å²) in [6.07, 6.45) is 3.73. The van der Waals surface area contributed by atoms with Gasteiger partial charge in [-0.1, -0.05) is 6.07 Å². The van der Waals surface area contributed by atoms with Crippen molar-refractivity contribution in [2.45, 2.75) is 26.0 Å². The lowest BCUT2D eigenvalue weighted by Crippen LogP contribution is -2.29. The SMILES string of the molecule is COC(C)(C)Cn1cc2c(N)nc3cc(-c4cc[nH]n4)ccc3c2n1. The van der Waals surface area contributed by atoms with Gasteiger partial charge in [-0.25, -0.2) is 4.98 Å². The van der Waals surface area contributed by atoms with Crippen LogP contribution in [-0.4, -0.2) is 37.7 Å². The third-order valence-corrected chi connectivity index (χ3v) is 4.42. The second-order valence-electron chi connectivity index (χ2n) is 6.74. The highest BCUT2D eigenvalue weighted by molar-refractivity contribution is 6.08. The predicted octanol–water partition coefficient (Wildman–Crippen LogP) is 2.98. The number of benzene rings is 1. The lowest BCUT2D eigenvalue weighted by atomic mass is 10.1. The fourth-order valence-corrected chi connectivity index (χ4v) is 2.94. The fourth-order valence-electron chi connectivity index (χ4n) is 2.94. The van der Waals surface area contributed by atoms with Gasteiger partial charge in [-0.05, 0) is 32.0 Å². The monoisotopic (exact) mass is 336 g/mol. The summed E-state index contributed by atoms with van der Waals surface area (Å²) in [5.74, 6) is 0.475. The maximum Gasteiger partial charge on any atom is 0.135 e. The molecule has 0 aliphatic heterocycles. The molecule has 0 saturated carbocycles. The molecule has 0 fully saturated rings. The molecular formula is C18H20N6O. The summed E-state index contributed by atoms with van der Waals surface area (Å²) in [6, 6.07) is 7.95. The van der Waals surface area contributed by atoms with E-state index >= 15 is 0 Å². The molecule has 4 rings (SSSR count). The lowest BCUT2D eigenvalue weighted by Gasteiger charge is -2.22. The van der Waals surface area contributed by atoms with Crippen molar-refractivity contribution < 1.29 is 4.74 Å². The van der Waals surface area contributed by atoms with Crippen molar-refractivity contribution in [3.05, 3.63) is 36.7 Å². The maximum absolute atomic E-state index is 6.18. The Hall–Kier alpha value is -2.93. The minimum Gasteiger partial charge on any atom is -0.383 e. The van der Waals surface area contributed by atoms with Crippen LogP contribution in [0.25, 0.3) is 33.1 Å². The number of nitrogens with one attached hydrogen (secondary N) is 1. The Kier molecular flexibility index (Phi) is 3.47. The first-order chi connectivity index (χ1) is 12.0. The van der Waals surface area contributed by atoms with Crippen molar-refractivity contribution in [1.29, 1.82) is 0 Å². The van der Waals surface area contributed by atoms with Gasteiger partial charge in [0.15, 0.2) is 0 Å². The number of hydrogen-bond acceptors (Lipinski definition) is 5. The number of H-pyrrole nitrogens is 1. The molecule has 0 unspecified atom stereocenters. The van der Waals surface area contributed by atoms with Crippen molar-refractivity contribution in [1.82, 2.24) is 25.0 Å². The first-order valence-electron chi connectivity index (χ1n) is 8.08. The van der Waals surface area contributed by atoms with Crippen LogP contribution >= 0.6 is 0 Å². The van der Waals surface area contributed by atoms with Crippen LogP contribution in [0.2, 0.25) is 0 Å². The molecule has 7 heteroatoms. The van der Waals surface area contributed by atoms with E-state index in [-0.39, 0.29) is 5.60 Å². The Bertz CT molecular complexity index is 1050. The van der Waals surface area contributed by atoms with Crippen LogP contribution < -0.4 is 5.73 Å². The Morgan fingerprint density at radius 2 is 2.08 bits per heavy atom. The van der Waals surface area contributed by atoms with Crippen LogP contribution in [0.5, 0.6) is 0 Å². The van der Waals surface area contributed by atoms with E-state index in [4.69, 9.17) is 15.6 Å². The van der Waals surface area contributed by atoms with Gasteiger partial charge >= 0.3 is 0 Å². The number of hydrogen-bond donors (Lipinski definition) is 2. The first kappa shape index (κ1) is 15.6. The van der Waals surface area contributed by atoms with Crippen LogP contribution in [0.3, 0.4) is 0 Å². The van der Waals surface area contributed by atoms with Gasteiger partial charge < -0.3 is 10.5 Å². The highest BCUT2D eigenvalue weighted by Crippen LogP contribution is 2.30. The molecule has 3 N–H and O–H groups in total. The molecule has 0 amide bonds. The minimum atomic E-state index is -0.312. The average Bonchev–Trinajstić information content (AvgIpc) is 3.24. The molecule has 0 aliphatic rings. The number of nitrogens with zero attached hydrogens (tertiary/aromatic N) is 4. The van der Waals surface area contributed by atoms with E-state index in [0.717, 1.165) is 33.1 Å². The lowest BCUT2D eigenvalue weighted by molar-refractivity contribution is 0.00559. The average molecular weight is 336 g/mol. The zero-order valence-corrected chi connectivity index (χ0v) is 14.4. The number of fused-ring (bicyclic) bond motifs is 3. The largest absolute Gasteiger partial charge is 0.383 e. The first-order valence-corrected chi connectivity index (χ1v) is 8.08. The summed E-state index contributed by atoms with van der Waals surface area (Å²) in [4.78, 5) is 4.56. The Balaban J connectivity index is 1.87. The number of nitrogen functional groups attached to an aromatic ring is 1. The molecular weight excluding hydrogens is 316 g/mol. The Morgan fingerprint density at radius 1 is 1.24 bits per heavy atom. The molecule has 128 valence electrons. The van der Waals surface area contributed by atoms with Crippen molar-refractivity contribution in [3.8, 4) is 11.3 Å². The van der Waals surface area contributed by atoms with Gasteiger partial charge in [0.05, 0.1) is 28.7 Å². The van der Waals surface area contributed by atoms with Crippen LogP contribution in [-0.2, 0) is 11.3 Å². The van der Waals surface area contributed by atoms with Gasteiger partial charge in [0.25, 0.3) is 0 Å². The van der Waals surface area contributed by atoms with Crippen molar-refractivity contribution in [3.63, 3.8) is 0 Å². The third kappa shape index (κ3) is 2.72. The molecule has 0 spiro atoms. The van der Waals surface area contributed by atoms with Crippen molar-refractivity contribution in [2.75, 3.05) is 12.8 Å². The smallest absolute Gasteiger partial charge is 0.135 e. The molecule has 0 radical (unpaired) electrons. The summed E-state index contributed by atoms with van der Waals surface area (Å²) in [5.41, 5.74) is 9.38. The van der Waals surface area contributed by atoms with Crippen LogP contribution in [0, 0.1) is 0 Å². The number of anilines is 1. The van der Waals surface area contributed by atoms with Gasteiger partial charge in [0.2, 0.25) is 0 Å². The van der Waals surface area contributed by atoms with E-state index in [0.29, 0.717) is 12.4 Å². The van der Waals surface area contributed by atoms with E-state index in [2.05, 4.69) is 15.2 Å². The molecule has 4 aromatic rings. The highest BCUT2D eigenvalue weighted by atomic mass is 16.5.